The van der Waals surface area contributed by atoms with E-state index in [-0.39, 0.29) is 11.4 Å². The summed E-state index contributed by atoms with van der Waals surface area (Å²) in [5.41, 5.74) is -0.310. The number of hydrogen-bond donors (Lipinski definition) is 2. The van der Waals surface area contributed by atoms with Crippen molar-refractivity contribution in [3.8, 4) is 0 Å². The number of nitrogens with zero attached hydrogens (tertiary/aromatic N) is 2. The lowest BCUT2D eigenvalue weighted by molar-refractivity contribution is 0.0692. The summed E-state index contributed by atoms with van der Waals surface area (Å²) < 4.78 is 28.2. The fourth-order valence-electron chi connectivity index (χ4n) is 2.14. The van der Waals surface area contributed by atoms with Crippen LogP contribution in [0.2, 0.25) is 0 Å². The van der Waals surface area contributed by atoms with Gasteiger partial charge in [-0.15, -0.1) is 0 Å². The SMILES string of the molecule is O=C(O)c1ncccc1NS(=O)(=O)N1CCCCCC1. The van der Waals surface area contributed by atoms with E-state index in [2.05, 4.69) is 9.71 Å². The molecule has 0 aliphatic carbocycles. The van der Waals surface area contributed by atoms with Crippen LogP contribution in [0, 0.1) is 0 Å². The molecule has 7 nitrogen and oxygen atoms in total. The molecule has 0 aromatic carbocycles. The highest BCUT2D eigenvalue weighted by atomic mass is 32.2. The number of rotatable bonds is 4. The monoisotopic (exact) mass is 299 g/mol. The molecule has 1 saturated heterocycles. The van der Waals surface area contributed by atoms with Crippen LogP contribution in [0.1, 0.15) is 36.2 Å². The predicted octanol–water partition coefficient (Wildman–Crippen LogP) is 1.31. The molecule has 0 spiro atoms. The summed E-state index contributed by atoms with van der Waals surface area (Å²) in [5.74, 6) is -1.26. The first-order chi connectivity index (χ1) is 9.50. The van der Waals surface area contributed by atoms with Gasteiger partial charge in [0, 0.05) is 19.3 Å². The van der Waals surface area contributed by atoms with Crippen LogP contribution in [0.5, 0.6) is 0 Å². The second kappa shape index (κ2) is 6.19. The van der Waals surface area contributed by atoms with Gasteiger partial charge in [-0.05, 0) is 25.0 Å². The molecule has 110 valence electrons. The Morgan fingerprint density at radius 1 is 1.25 bits per heavy atom. The standard InChI is InChI=1S/C12H17N3O4S/c16-12(17)11-10(6-5-7-13-11)14-20(18,19)15-8-3-1-2-4-9-15/h5-7,14H,1-4,8-9H2,(H,16,17). The molecule has 0 amide bonds. The Morgan fingerprint density at radius 3 is 2.50 bits per heavy atom. The Hall–Kier alpha value is -1.67. The molecule has 2 rings (SSSR count). The maximum absolute atomic E-state index is 12.3. The number of aromatic nitrogens is 1. The summed E-state index contributed by atoms with van der Waals surface area (Å²) in [5, 5.41) is 9.01. The molecule has 0 atom stereocenters. The molecule has 1 aromatic heterocycles. The van der Waals surface area contributed by atoms with Gasteiger partial charge in [0.25, 0.3) is 0 Å². The normalized spacial score (nSPS) is 17.4. The fourth-order valence-corrected chi connectivity index (χ4v) is 3.45. The van der Waals surface area contributed by atoms with Crippen molar-refractivity contribution in [1.29, 1.82) is 0 Å². The van der Waals surface area contributed by atoms with E-state index < -0.39 is 16.2 Å². The minimum absolute atomic E-state index is 0.00996. The summed E-state index contributed by atoms with van der Waals surface area (Å²) in [6.45, 7) is 0.913. The molecule has 20 heavy (non-hydrogen) atoms. The number of hydrogen-bond acceptors (Lipinski definition) is 4. The van der Waals surface area contributed by atoms with Gasteiger partial charge in [-0.2, -0.15) is 12.7 Å². The van der Waals surface area contributed by atoms with Gasteiger partial charge < -0.3 is 5.11 Å². The average Bonchev–Trinajstić information content (AvgIpc) is 2.68. The summed E-state index contributed by atoms with van der Waals surface area (Å²) in [6.07, 6.45) is 4.98. The lowest BCUT2D eigenvalue weighted by Crippen LogP contribution is -2.37. The van der Waals surface area contributed by atoms with Crippen molar-refractivity contribution in [3.05, 3.63) is 24.0 Å². The highest BCUT2D eigenvalue weighted by Gasteiger charge is 2.24. The van der Waals surface area contributed by atoms with Gasteiger partial charge in [0.05, 0.1) is 5.69 Å². The van der Waals surface area contributed by atoms with Gasteiger partial charge in [-0.25, -0.2) is 9.78 Å². The number of nitrogens with one attached hydrogen (secondary N) is 1. The van der Waals surface area contributed by atoms with E-state index in [9.17, 15) is 13.2 Å². The van der Waals surface area contributed by atoms with Crippen molar-refractivity contribution < 1.29 is 18.3 Å². The minimum Gasteiger partial charge on any atom is -0.476 e. The number of carbonyl (C=O) groups is 1. The van der Waals surface area contributed by atoms with Crippen molar-refractivity contribution in [2.45, 2.75) is 25.7 Å². The largest absolute Gasteiger partial charge is 0.476 e. The van der Waals surface area contributed by atoms with E-state index in [4.69, 9.17) is 5.11 Å². The van der Waals surface area contributed by atoms with Gasteiger partial charge in [-0.1, -0.05) is 12.8 Å². The molecule has 1 aliphatic rings. The summed E-state index contributed by atoms with van der Waals surface area (Å²) in [4.78, 5) is 14.7. The Kier molecular flexibility index (Phi) is 4.56. The molecule has 0 radical (unpaired) electrons. The highest BCUT2D eigenvalue weighted by Crippen LogP contribution is 2.18. The zero-order valence-corrected chi connectivity index (χ0v) is 11.8. The van der Waals surface area contributed by atoms with Crippen LogP contribution in [-0.4, -0.2) is 41.9 Å². The lowest BCUT2D eigenvalue weighted by atomic mass is 10.2. The Labute approximate surface area is 117 Å². The van der Waals surface area contributed by atoms with Gasteiger partial charge in [0.2, 0.25) is 0 Å². The summed E-state index contributed by atoms with van der Waals surface area (Å²) in [7, 11) is -3.74. The molecule has 2 heterocycles. The number of carboxylic acid groups (broad SMARTS) is 1. The molecule has 8 heteroatoms. The Morgan fingerprint density at radius 2 is 1.90 bits per heavy atom. The molecule has 1 aromatic rings. The molecule has 0 bridgehead atoms. The number of anilines is 1. The molecule has 1 fully saturated rings. The average molecular weight is 299 g/mol. The van der Waals surface area contributed by atoms with E-state index in [1.165, 1.54) is 22.6 Å². The van der Waals surface area contributed by atoms with Gasteiger partial charge in [0.15, 0.2) is 5.69 Å². The van der Waals surface area contributed by atoms with Crippen LogP contribution >= 0.6 is 0 Å². The van der Waals surface area contributed by atoms with Crippen molar-refractivity contribution in [1.82, 2.24) is 9.29 Å². The number of aromatic carboxylic acids is 1. The third-order valence-corrected chi connectivity index (χ3v) is 4.68. The first-order valence-electron chi connectivity index (χ1n) is 6.47. The van der Waals surface area contributed by atoms with Crippen molar-refractivity contribution in [2.24, 2.45) is 0 Å². The molecular formula is C12H17N3O4S. The predicted molar refractivity (Wildman–Crippen MR) is 73.8 cm³/mol. The second-order valence-electron chi connectivity index (χ2n) is 4.63. The summed E-state index contributed by atoms with van der Waals surface area (Å²) in [6, 6.07) is 2.89. The van der Waals surface area contributed by atoms with Crippen LogP contribution in [0.25, 0.3) is 0 Å². The van der Waals surface area contributed by atoms with Crippen LogP contribution in [0.4, 0.5) is 5.69 Å². The smallest absolute Gasteiger partial charge is 0.356 e. The third-order valence-electron chi connectivity index (χ3n) is 3.15. The van der Waals surface area contributed by atoms with E-state index in [0.29, 0.717) is 13.1 Å². The van der Waals surface area contributed by atoms with Crippen molar-refractivity contribution >= 4 is 21.9 Å². The molecule has 2 N–H and O–H groups in total. The fraction of sp³-hybridized carbons (Fsp3) is 0.500. The topological polar surface area (TPSA) is 99.6 Å². The molecule has 0 unspecified atom stereocenters. The zero-order chi connectivity index (χ0) is 14.6. The quantitative estimate of drug-likeness (QED) is 0.873. The van der Waals surface area contributed by atoms with Crippen molar-refractivity contribution in [2.75, 3.05) is 17.8 Å². The van der Waals surface area contributed by atoms with Crippen LogP contribution in [-0.2, 0) is 10.2 Å². The van der Waals surface area contributed by atoms with Crippen LogP contribution < -0.4 is 4.72 Å². The molecular weight excluding hydrogens is 282 g/mol. The second-order valence-corrected chi connectivity index (χ2v) is 6.30. The number of carboxylic acids is 1. The Bertz CT molecular complexity index is 580. The van der Waals surface area contributed by atoms with Gasteiger partial charge in [-0.3, -0.25) is 4.72 Å². The number of pyridine rings is 1. The van der Waals surface area contributed by atoms with E-state index in [1.54, 1.807) is 0 Å². The van der Waals surface area contributed by atoms with Crippen LogP contribution in [0.3, 0.4) is 0 Å². The molecule has 0 saturated carbocycles. The zero-order valence-electron chi connectivity index (χ0n) is 10.9. The van der Waals surface area contributed by atoms with E-state index in [1.807, 2.05) is 0 Å². The maximum atomic E-state index is 12.3. The first-order valence-corrected chi connectivity index (χ1v) is 7.91. The lowest BCUT2D eigenvalue weighted by Gasteiger charge is -2.21. The molecule has 1 aliphatic heterocycles. The van der Waals surface area contributed by atoms with Crippen LogP contribution in [0.15, 0.2) is 18.3 Å². The van der Waals surface area contributed by atoms with Gasteiger partial charge >= 0.3 is 16.2 Å². The Balaban J connectivity index is 2.21. The van der Waals surface area contributed by atoms with Gasteiger partial charge in [0.1, 0.15) is 0 Å². The highest BCUT2D eigenvalue weighted by molar-refractivity contribution is 7.90. The van der Waals surface area contributed by atoms with E-state index in [0.717, 1.165) is 25.7 Å². The summed E-state index contributed by atoms with van der Waals surface area (Å²) >= 11 is 0. The maximum Gasteiger partial charge on any atom is 0.356 e. The van der Waals surface area contributed by atoms with Crippen molar-refractivity contribution in [3.63, 3.8) is 0 Å². The minimum atomic E-state index is -3.74. The first kappa shape index (κ1) is 14.7. The third kappa shape index (κ3) is 3.45. The van der Waals surface area contributed by atoms with E-state index >= 15 is 0 Å².